The lowest BCUT2D eigenvalue weighted by Crippen LogP contribution is -2.13. The van der Waals surface area contributed by atoms with E-state index in [1.165, 1.54) is 10.5 Å². The number of nitrogens with zero attached hydrogens (tertiary/aromatic N) is 1. The fourth-order valence-corrected chi connectivity index (χ4v) is 3.59. The number of hydrogen-bond donors (Lipinski definition) is 1. The summed E-state index contributed by atoms with van der Waals surface area (Å²) in [6.07, 6.45) is 0. The van der Waals surface area contributed by atoms with Gasteiger partial charge in [0, 0.05) is 10.6 Å². The molecule has 0 spiro atoms. The molecule has 0 unspecified atom stereocenters. The Kier molecular flexibility index (Phi) is 2.46. The van der Waals surface area contributed by atoms with E-state index in [2.05, 4.69) is 22.5 Å². The Bertz CT molecular complexity index is 558. The van der Waals surface area contributed by atoms with Crippen molar-refractivity contribution in [2.45, 2.75) is 10.6 Å². The lowest BCUT2D eigenvalue weighted by Gasteiger charge is -2.10. The van der Waals surface area contributed by atoms with E-state index in [0.29, 0.717) is 5.84 Å². The predicted octanol–water partition coefficient (Wildman–Crippen LogP) is 3.39. The Morgan fingerprint density at radius 2 is 2.06 bits per heavy atom. The largest absolute Gasteiger partial charge is 0.382 e. The summed E-state index contributed by atoms with van der Waals surface area (Å²) in [7, 11) is 0. The first-order chi connectivity index (χ1) is 7.84. The van der Waals surface area contributed by atoms with Crippen LogP contribution in [-0.2, 0) is 5.75 Å². The topological polar surface area (TPSA) is 38.4 Å². The van der Waals surface area contributed by atoms with Gasteiger partial charge in [0.05, 0.1) is 10.6 Å². The summed E-state index contributed by atoms with van der Waals surface area (Å²) in [5, 5.41) is 2.07. The molecule has 0 amide bonds. The zero-order chi connectivity index (χ0) is 11.0. The van der Waals surface area contributed by atoms with Gasteiger partial charge < -0.3 is 5.73 Å². The molecule has 1 aromatic heterocycles. The van der Waals surface area contributed by atoms with E-state index >= 15 is 0 Å². The molecule has 0 saturated heterocycles. The summed E-state index contributed by atoms with van der Waals surface area (Å²) in [5.74, 6) is 1.60. The van der Waals surface area contributed by atoms with Crippen LogP contribution in [0.25, 0.3) is 0 Å². The summed E-state index contributed by atoms with van der Waals surface area (Å²) in [6, 6.07) is 10.3. The van der Waals surface area contributed by atoms with Crippen LogP contribution in [0, 0.1) is 0 Å². The minimum atomic E-state index is 0.637. The van der Waals surface area contributed by atoms with Crippen LogP contribution in [0.3, 0.4) is 0 Å². The van der Waals surface area contributed by atoms with Gasteiger partial charge in [-0.2, -0.15) is 0 Å². The maximum atomic E-state index is 6.03. The van der Waals surface area contributed by atoms with Crippen LogP contribution in [0.4, 0.5) is 5.69 Å². The lowest BCUT2D eigenvalue weighted by atomic mass is 10.2. The monoisotopic (exact) mass is 246 g/mol. The van der Waals surface area contributed by atoms with Crippen molar-refractivity contribution in [1.82, 2.24) is 0 Å². The van der Waals surface area contributed by atoms with E-state index in [9.17, 15) is 0 Å². The van der Waals surface area contributed by atoms with E-state index < -0.39 is 0 Å². The number of benzene rings is 1. The number of amidine groups is 1. The molecule has 4 heteroatoms. The van der Waals surface area contributed by atoms with Gasteiger partial charge in [0.2, 0.25) is 0 Å². The van der Waals surface area contributed by atoms with Crippen molar-refractivity contribution in [3.05, 3.63) is 46.2 Å². The van der Waals surface area contributed by atoms with E-state index in [1.54, 1.807) is 11.3 Å². The van der Waals surface area contributed by atoms with Crippen molar-refractivity contribution < 1.29 is 0 Å². The van der Waals surface area contributed by atoms with Crippen molar-refractivity contribution in [3.8, 4) is 0 Å². The molecule has 3 rings (SSSR count). The molecule has 0 saturated carbocycles. The fourth-order valence-electron chi connectivity index (χ4n) is 1.68. The minimum Gasteiger partial charge on any atom is -0.382 e. The van der Waals surface area contributed by atoms with Gasteiger partial charge in [-0.25, -0.2) is 4.99 Å². The second-order valence-electron chi connectivity index (χ2n) is 3.53. The first-order valence-corrected chi connectivity index (χ1v) is 6.84. The van der Waals surface area contributed by atoms with Crippen molar-refractivity contribution in [2.75, 3.05) is 0 Å². The zero-order valence-corrected chi connectivity index (χ0v) is 10.1. The molecule has 0 aliphatic carbocycles. The Morgan fingerprint density at radius 1 is 1.19 bits per heavy atom. The summed E-state index contributed by atoms with van der Waals surface area (Å²) in [5.41, 5.74) is 8.29. The fraction of sp³-hybridized carbons (Fsp3) is 0.0833. The first kappa shape index (κ1) is 9.93. The first-order valence-electron chi connectivity index (χ1n) is 4.97. The van der Waals surface area contributed by atoms with Gasteiger partial charge in [-0.15, -0.1) is 23.1 Å². The minimum absolute atomic E-state index is 0.637. The number of thiophene rings is 1. The highest BCUT2D eigenvalue weighted by molar-refractivity contribution is 7.98. The number of nitrogens with two attached hydrogens (primary N) is 1. The Balaban J connectivity index is 2.17. The van der Waals surface area contributed by atoms with Crippen LogP contribution in [0.1, 0.15) is 10.4 Å². The number of hydrogen-bond acceptors (Lipinski definition) is 4. The molecule has 2 nitrogen and oxygen atoms in total. The van der Waals surface area contributed by atoms with E-state index in [0.717, 1.165) is 16.3 Å². The van der Waals surface area contributed by atoms with Crippen molar-refractivity contribution in [1.29, 1.82) is 0 Å². The molecule has 80 valence electrons. The normalized spacial score (nSPS) is 14.4. The van der Waals surface area contributed by atoms with Gasteiger partial charge in [-0.3, -0.25) is 0 Å². The summed E-state index contributed by atoms with van der Waals surface area (Å²) < 4.78 is 0. The van der Waals surface area contributed by atoms with E-state index in [4.69, 9.17) is 5.73 Å². The van der Waals surface area contributed by atoms with E-state index in [1.807, 2.05) is 30.0 Å². The van der Waals surface area contributed by atoms with Crippen LogP contribution >= 0.6 is 23.1 Å². The molecule has 0 radical (unpaired) electrons. The maximum Gasteiger partial charge on any atom is 0.141 e. The molecular weight excluding hydrogens is 236 g/mol. The molecule has 0 fully saturated rings. The van der Waals surface area contributed by atoms with Crippen molar-refractivity contribution in [3.63, 3.8) is 0 Å². The number of fused-ring (bicyclic) bond motifs is 2. The molecule has 0 atom stereocenters. The molecule has 16 heavy (non-hydrogen) atoms. The van der Waals surface area contributed by atoms with Gasteiger partial charge in [0.15, 0.2) is 0 Å². The number of aliphatic imine (C=N–C) groups is 1. The average Bonchev–Trinajstić information content (AvgIpc) is 2.74. The van der Waals surface area contributed by atoms with Crippen LogP contribution < -0.4 is 5.73 Å². The third-order valence-electron chi connectivity index (χ3n) is 2.47. The van der Waals surface area contributed by atoms with Crippen LogP contribution in [0.15, 0.2) is 45.6 Å². The van der Waals surface area contributed by atoms with Gasteiger partial charge in [-0.1, -0.05) is 12.1 Å². The van der Waals surface area contributed by atoms with Gasteiger partial charge in [0.25, 0.3) is 0 Å². The third-order valence-corrected chi connectivity index (χ3v) is 4.56. The molecule has 1 aliphatic heterocycles. The maximum absolute atomic E-state index is 6.03. The second kappa shape index (κ2) is 3.96. The molecule has 2 aromatic rings. The van der Waals surface area contributed by atoms with Crippen LogP contribution in [0.2, 0.25) is 0 Å². The standard InChI is InChI=1S/C12H10N2S2/c13-12-11-8(5-6-15-11)7-16-10-4-2-1-3-9(10)14-12/h1-6H,7H2,(H2,13,14). The highest BCUT2D eigenvalue weighted by Gasteiger charge is 2.13. The Hall–Kier alpha value is -1.26. The number of thioether (sulfide) groups is 1. The Morgan fingerprint density at radius 3 is 3.00 bits per heavy atom. The average molecular weight is 246 g/mol. The SMILES string of the molecule is NC1=Nc2ccccc2SCc2ccsc21. The van der Waals surface area contributed by atoms with Crippen LogP contribution in [-0.4, -0.2) is 5.84 Å². The quantitative estimate of drug-likeness (QED) is 0.773. The predicted molar refractivity (Wildman–Crippen MR) is 70.7 cm³/mol. The Labute approximate surface area is 102 Å². The third kappa shape index (κ3) is 1.64. The highest BCUT2D eigenvalue weighted by Crippen LogP contribution is 2.35. The molecule has 2 N–H and O–H groups in total. The molecule has 1 aromatic carbocycles. The van der Waals surface area contributed by atoms with Gasteiger partial charge in [-0.05, 0) is 29.1 Å². The molecule has 0 bridgehead atoms. The molecule has 2 heterocycles. The van der Waals surface area contributed by atoms with Gasteiger partial charge >= 0.3 is 0 Å². The molecule has 1 aliphatic rings. The lowest BCUT2D eigenvalue weighted by molar-refractivity contribution is 1.32. The smallest absolute Gasteiger partial charge is 0.141 e. The molecular formula is C12H10N2S2. The van der Waals surface area contributed by atoms with Crippen molar-refractivity contribution >= 4 is 34.6 Å². The highest BCUT2D eigenvalue weighted by atomic mass is 32.2. The summed E-state index contributed by atoms with van der Waals surface area (Å²) in [4.78, 5) is 6.81. The number of para-hydroxylation sites is 1. The van der Waals surface area contributed by atoms with Crippen LogP contribution in [0.5, 0.6) is 0 Å². The van der Waals surface area contributed by atoms with E-state index in [-0.39, 0.29) is 0 Å². The van der Waals surface area contributed by atoms with Gasteiger partial charge in [0.1, 0.15) is 5.84 Å². The zero-order valence-electron chi connectivity index (χ0n) is 8.51. The number of rotatable bonds is 0. The van der Waals surface area contributed by atoms with Crippen molar-refractivity contribution in [2.24, 2.45) is 10.7 Å². The second-order valence-corrected chi connectivity index (χ2v) is 5.46. The summed E-state index contributed by atoms with van der Waals surface area (Å²) in [6.45, 7) is 0. The summed E-state index contributed by atoms with van der Waals surface area (Å²) >= 11 is 3.48.